The number of rotatable bonds is 4. The van der Waals surface area contributed by atoms with E-state index in [2.05, 4.69) is 13.8 Å². The van der Waals surface area contributed by atoms with Crippen LogP contribution in [-0.4, -0.2) is 6.29 Å². The van der Waals surface area contributed by atoms with Crippen LogP contribution in [0.15, 0.2) is 42.5 Å². The summed E-state index contributed by atoms with van der Waals surface area (Å²) in [5.74, 6) is 0.523. The molecular formula is C18H17F3O. The first kappa shape index (κ1) is 16.3. The summed E-state index contributed by atoms with van der Waals surface area (Å²) in [6.07, 6.45) is -3.37. The molecule has 0 aliphatic rings. The number of alkyl halides is 3. The Bertz CT molecular complexity index is 655. The van der Waals surface area contributed by atoms with Gasteiger partial charge in [0.2, 0.25) is 0 Å². The molecule has 0 aliphatic heterocycles. The average molecular weight is 306 g/mol. The number of hydrogen-bond acceptors (Lipinski definition) is 1. The van der Waals surface area contributed by atoms with Crippen LogP contribution >= 0.6 is 0 Å². The Hall–Kier alpha value is -2.10. The largest absolute Gasteiger partial charge is 0.417 e. The first-order valence-corrected chi connectivity index (χ1v) is 7.07. The Labute approximate surface area is 127 Å². The second-order valence-electron chi connectivity index (χ2n) is 5.71. The topological polar surface area (TPSA) is 17.1 Å². The number of carbonyl (C=O) groups is 1. The van der Waals surface area contributed by atoms with E-state index in [0.29, 0.717) is 17.0 Å². The minimum atomic E-state index is -4.54. The predicted octanol–water partition coefficient (Wildman–Crippen LogP) is 5.38. The Morgan fingerprint density at radius 2 is 1.59 bits per heavy atom. The summed E-state index contributed by atoms with van der Waals surface area (Å²) >= 11 is 0. The van der Waals surface area contributed by atoms with Crippen molar-refractivity contribution in [3.63, 3.8) is 0 Å². The van der Waals surface area contributed by atoms with Gasteiger partial charge in [-0.25, -0.2) is 0 Å². The molecule has 2 aromatic carbocycles. The van der Waals surface area contributed by atoms with E-state index in [1.807, 2.05) is 24.3 Å². The molecule has 116 valence electrons. The fourth-order valence-corrected chi connectivity index (χ4v) is 2.39. The predicted molar refractivity (Wildman–Crippen MR) is 80.8 cm³/mol. The van der Waals surface area contributed by atoms with Crippen molar-refractivity contribution < 1.29 is 18.0 Å². The monoisotopic (exact) mass is 306 g/mol. The molecule has 0 radical (unpaired) electrons. The second kappa shape index (κ2) is 6.34. The summed E-state index contributed by atoms with van der Waals surface area (Å²) in [5, 5.41) is 0. The van der Waals surface area contributed by atoms with Crippen LogP contribution in [0, 0.1) is 5.92 Å². The van der Waals surface area contributed by atoms with Gasteiger partial charge in [0, 0.05) is 5.56 Å². The summed E-state index contributed by atoms with van der Waals surface area (Å²) in [6, 6.07) is 11.3. The van der Waals surface area contributed by atoms with Crippen LogP contribution < -0.4 is 0 Å². The molecule has 0 saturated carbocycles. The van der Waals surface area contributed by atoms with Gasteiger partial charge in [-0.1, -0.05) is 50.2 Å². The first-order chi connectivity index (χ1) is 10.3. The molecule has 0 fully saturated rings. The van der Waals surface area contributed by atoms with Crippen molar-refractivity contribution in [2.75, 3.05) is 0 Å². The lowest BCUT2D eigenvalue weighted by Crippen LogP contribution is -2.09. The van der Waals surface area contributed by atoms with Crippen LogP contribution in [0.2, 0.25) is 0 Å². The smallest absolute Gasteiger partial charge is 0.298 e. The molecule has 4 heteroatoms. The SMILES string of the molecule is CC(C)Cc1ccc(-c2ccc(C=O)c(C(F)(F)F)c2)cc1. The fourth-order valence-electron chi connectivity index (χ4n) is 2.39. The highest BCUT2D eigenvalue weighted by Gasteiger charge is 2.33. The highest BCUT2D eigenvalue weighted by atomic mass is 19.4. The second-order valence-corrected chi connectivity index (χ2v) is 5.71. The van der Waals surface area contributed by atoms with Gasteiger partial charge in [-0.3, -0.25) is 4.79 Å². The molecule has 0 aromatic heterocycles. The van der Waals surface area contributed by atoms with Gasteiger partial charge in [0.15, 0.2) is 6.29 Å². The Balaban J connectivity index is 2.39. The lowest BCUT2D eigenvalue weighted by Gasteiger charge is -2.12. The van der Waals surface area contributed by atoms with Gasteiger partial charge in [-0.2, -0.15) is 13.2 Å². The van der Waals surface area contributed by atoms with Gasteiger partial charge in [0.1, 0.15) is 0 Å². The van der Waals surface area contributed by atoms with E-state index in [1.54, 1.807) is 0 Å². The maximum absolute atomic E-state index is 13.0. The summed E-state index contributed by atoms with van der Waals surface area (Å²) in [7, 11) is 0. The molecule has 22 heavy (non-hydrogen) atoms. The van der Waals surface area contributed by atoms with Crippen molar-refractivity contribution in [2.24, 2.45) is 5.92 Å². The van der Waals surface area contributed by atoms with Crippen LogP contribution in [0.5, 0.6) is 0 Å². The number of hydrogen-bond donors (Lipinski definition) is 0. The summed E-state index contributed by atoms with van der Waals surface area (Å²) in [6.45, 7) is 4.23. The van der Waals surface area contributed by atoms with Crippen LogP contribution in [0.25, 0.3) is 11.1 Å². The van der Waals surface area contributed by atoms with Gasteiger partial charge in [0.05, 0.1) is 5.56 Å². The average Bonchev–Trinajstić information content (AvgIpc) is 2.46. The zero-order valence-corrected chi connectivity index (χ0v) is 12.4. The highest BCUT2D eigenvalue weighted by molar-refractivity contribution is 5.80. The Morgan fingerprint density at radius 3 is 2.09 bits per heavy atom. The minimum absolute atomic E-state index is 0.234. The first-order valence-electron chi connectivity index (χ1n) is 7.07. The van der Waals surface area contributed by atoms with E-state index >= 15 is 0 Å². The molecule has 0 saturated heterocycles. The molecule has 1 nitrogen and oxygen atoms in total. The quantitative estimate of drug-likeness (QED) is 0.693. The zero-order valence-electron chi connectivity index (χ0n) is 12.4. The lowest BCUT2D eigenvalue weighted by molar-refractivity contribution is -0.137. The maximum atomic E-state index is 13.0. The van der Waals surface area contributed by atoms with Crippen molar-refractivity contribution in [3.05, 3.63) is 59.2 Å². The van der Waals surface area contributed by atoms with E-state index in [-0.39, 0.29) is 11.8 Å². The number of aldehydes is 1. The third-order valence-corrected chi connectivity index (χ3v) is 3.42. The van der Waals surface area contributed by atoms with E-state index < -0.39 is 11.7 Å². The maximum Gasteiger partial charge on any atom is 0.417 e. The molecule has 0 spiro atoms. The molecule has 2 rings (SSSR count). The normalized spacial score (nSPS) is 11.7. The molecule has 0 heterocycles. The lowest BCUT2D eigenvalue weighted by atomic mass is 9.96. The minimum Gasteiger partial charge on any atom is -0.298 e. The molecule has 0 unspecified atom stereocenters. The molecule has 0 aliphatic carbocycles. The molecular weight excluding hydrogens is 289 g/mol. The molecule has 2 aromatic rings. The van der Waals surface area contributed by atoms with Gasteiger partial charge in [0.25, 0.3) is 0 Å². The third-order valence-electron chi connectivity index (χ3n) is 3.42. The Kier molecular flexibility index (Phi) is 4.69. The summed E-state index contributed by atoms with van der Waals surface area (Å²) < 4.78 is 38.9. The number of benzene rings is 2. The number of carbonyl (C=O) groups excluding carboxylic acids is 1. The molecule has 0 N–H and O–H groups in total. The van der Waals surface area contributed by atoms with Crippen LogP contribution in [0.1, 0.15) is 35.3 Å². The standard InChI is InChI=1S/C18H17F3O/c1-12(2)9-13-3-5-14(6-4-13)15-7-8-16(11-22)17(10-15)18(19,20)21/h3-8,10-12H,9H2,1-2H3. The van der Waals surface area contributed by atoms with Gasteiger partial charge < -0.3 is 0 Å². The van der Waals surface area contributed by atoms with Crippen LogP contribution in [0.3, 0.4) is 0 Å². The highest BCUT2D eigenvalue weighted by Crippen LogP contribution is 2.34. The number of halogens is 3. The van der Waals surface area contributed by atoms with E-state index in [0.717, 1.165) is 18.1 Å². The summed E-state index contributed by atoms with van der Waals surface area (Å²) in [4.78, 5) is 10.8. The van der Waals surface area contributed by atoms with Gasteiger partial charge in [-0.05, 0) is 35.1 Å². The van der Waals surface area contributed by atoms with E-state index in [1.165, 1.54) is 12.1 Å². The fraction of sp³-hybridized carbons (Fsp3) is 0.278. The van der Waals surface area contributed by atoms with E-state index in [4.69, 9.17) is 0 Å². The van der Waals surface area contributed by atoms with Crippen molar-refractivity contribution in [3.8, 4) is 11.1 Å². The molecule has 0 amide bonds. The summed E-state index contributed by atoms with van der Waals surface area (Å²) in [5.41, 5.74) is 1.07. The Morgan fingerprint density at radius 1 is 1.00 bits per heavy atom. The van der Waals surface area contributed by atoms with Crippen LogP contribution in [0.4, 0.5) is 13.2 Å². The molecule has 0 atom stereocenters. The van der Waals surface area contributed by atoms with Crippen LogP contribution in [-0.2, 0) is 12.6 Å². The molecule has 0 bridgehead atoms. The van der Waals surface area contributed by atoms with E-state index in [9.17, 15) is 18.0 Å². The zero-order chi connectivity index (χ0) is 16.3. The van der Waals surface area contributed by atoms with Crippen molar-refractivity contribution >= 4 is 6.29 Å². The third kappa shape index (κ3) is 3.75. The van der Waals surface area contributed by atoms with Gasteiger partial charge in [-0.15, -0.1) is 0 Å². The van der Waals surface area contributed by atoms with Crippen molar-refractivity contribution in [1.29, 1.82) is 0 Å². The van der Waals surface area contributed by atoms with Crippen molar-refractivity contribution in [2.45, 2.75) is 26.4 Å². The van der Waals surface area contributed by atoms with Crippen molar-refractivity contribution in [1.82, 2.24) is 0 Å². The van der Waals surface area contributed by atoms with Gasteiger partial charge >= 0.3 is 6.18 Å².